The first-order chi connectivity index (χ1) is 4.06. The highest BCUT2D eigenvalue weighted by Crippen LogP contribution is 2.00. The maximum absolute atomic E-state index is 9.88. The fourth-order valence-corrected chi connectivity index (χ4v) is 0. The van der Waals surface area contributed by atoms with E-state index in [0.29, 0.717) is 0 Å². The van der Waals surface area contributed by atoms with Gasteiger partial charge in [0.05, 0.1) is 0 Å². The van der Waals surface area contributed by atoms with Crippen LogP contribution in [0.15, 0.2) is 0 Å². The second kappa shape index (κ2) is 8.21. The topological polar surface area (TPSA) is 37.3 Å². The van der Waals surface area contributed by atoms with Gasteiger partial charge in [-0.2, -0.15) is 0 Å². The van der Waals surface area contributed by atoms with Crippen LogP contribution in [-0.2, 0) is 4.79 Å². The van der Waals surface area contributed by atoms with Gasteiger partial charge in [0, 0.05) is 6.61 Å². The molecule has 0 aromatic rings. The van der Waals surface area contributed by atoms with Crippen LogP contribution in [0, 0.1) is 0 Å². The SMILES string of the molecule is CC(=O)C(Cl)Cl.CCO. The molecule has 0 unspecified atom stereocenters. The van der Waals surface area contributed by atoms with Gasteiger partial charge in [0.1, 0.15) is 0 Å². The molecule has 2 nitrogen and oxygen atoms in total. The molecule has 1 N–H and O–H groups in total. The maximum atomic E-state index is 9.88. The Labute approximate surface area is 64.8 Å². The number of carbonyl (C=O) groups excluding carboxylic acids is 1. The lowest BCUT2D eigenvalue weighted by molar-refractivity contribution is -0.115. The first kappa shape index (κ1) is 11.9. The number of aliphatic hydroxyl groups excluding tert-OH is 1. The van der Waals surface area contributed by atoms with Crippen molar-refractivity contribution in [3.05, 3.63) is 0 Å². The van der Waals surface area contributed by atoms with E-state index in [-0.39, 0.29) is 12.4 Å². The minimum atomic E-state index is -0.843. The van der Waals surface area contributed by atoms with Crippen molar-refractivity contribution in [1.82, 2.24) is 0 Å². The van der Waals surface area contributed by atoms with Gasteiger partial charge in [0.2, 0.25) is 0 Å². The highest BCUT2D eigenvalue weighted by molar-refractivity contribution is 6.53. The van der Waals surface area contributed by atoms with E-state index in [0.717, 1.165) is 0 Å². The molecular weight excluding hydrogens is 163 g/mol. The molecule has 0 atom stereocenters. The van der Waals surface area contributed by atoms with Gasteiger partial charge in [-0.05, 0) is 13.8 Å². The van der Waals surface area contributed by atoms with Crippen molar-refractivity contribution >= 4 is 29.0 Å². The van der Waals surface area contributed by atoms with E-state index in [4.69, 9.17) is 28.3 Å². The van der Waals surface area contributed by atoms with Crippen molar-refractivity contribution in [2.24, 2.45) is 0 Å². The first-order valence-corrected chi connectivity index (χ1v) is 3.33. The summed E-state index contributed by atoms with van der Waals surface area (Å²) in [5.74, 6) is -0.210. The van der Waals surface area contributed by atoms with E-state index in [1.807, 2.05) is 0 Å². The average molecular weight is 173 g/mol. The Bertz CT molecular complexity index is 73.4. The van der Waals surface area contributed by atoms with Crippen molar-refractivity contribution in [2.45, 2.75) is 18.7 Å². The van der Waals surface area contributed by atoms with Crippen LogP contribution in [0.3, 0.4) is 0 Å². The first-order valence-electron chi connectivity index (χ1n) is 2.45. The van der Waals surface area contributed by atoms with Gasteiger partial charge in [-0.1, -0.05) is 23.2 Å². The van der Waals surface area contributed by atoms with Crippen LogP contribution in [0.1, 0.15) is 13.8 Å². The van der Waals surface area contributed by atoms with E-state index in [1.54, 1.807) is 6.92 Å². The molecule has 0 aliphatic rings. The minimum absolute atomic E-state index is 0.210. The molecule has 0 aliphatic carbocycles. The van der Waals surface area contributed by atoms with Gasteiger partial charge >= 0.3 is 0 Å². The lowest BCUT2D eigenvalue weighted by Gasteiger charge is -1.85. The highest BCUT2D eigenvalue weighted by atomic mass is 35.5. The van der Waals surface area contributed by atoms with E-state index in [2.05, 4.69) is 0 Å². The Kier molecular flexibility index (Phi) is 10.9. The number of alkyl halides is 2. The highest BCUT2D eigenvalue weighted by Gasteiger charge is 2.01. The van der Waals surface area contributed by atoms with Gasteiger partial charge in [-0.3, -0.25) is 4.79 Å². The van der Waals surface area contributed by atoms with Crippen molar-refractivity contribution < 1.29 is 9.90 Å². The van der Waals surface area contributed by atoms with E-state index in [9.17, 15) is 4.79 Å². The van der Waals surface area contributed by atoms with E-state index < -0.39 is 4.84 Å². The molecule has 0 amide bonds. The summed E-state index contributed by atoms with van der Waals surface area (Å²) >= 11 is 10.1. The smallest absolute Gasteiger partial charge is 0.165 e. The zero-order chi connectivity index (χ0) is 7.86. The minimum Gasteiger partial charge on any atom is -0.397 e. The number of aliphatic hydroxyl groups is 1. The summed E-state index contributed by atoms with van der Waals surface area (Å²) in [6.07, 6.45) is 0. The molecule has 0 saturated carbocycles. The number of hydrogen-bond acceptors (Lipinski definition) is 2. The quantitative estimate of drug-likeness (QED) is 0.608. The van der Waals surface area contributed by atoms with Crippen LogP contribution in [-0.4, -0.2) is 22.3 Å². The summed E-state index contributed by atoms with van der Waals surface area (Å²) < 4.78 is 0. The number of ketones is 1. The number of halogens is 2. The van der Waals surface area contributed by atoms with Crippen molar-refractivity contribution in [3.8, 4) is 0 Å². The van der Waals surface area contributed by atoms with Crippen molar-refractivity contribution in [2.75, 3.05) is 6.61 Å². The van der Waals surface area contributed by atoms with Crippen LogP contribution >= 0.6 is 23.2 Å². The number of carbonyl (C=O) groups is 1. The largest absolute Gasteiger partial charge is 0.397 e. The molecule has 0 fully saturated rings. The molecule has 9 heavy (non-hydrogen) atoms. The molecule has 4 heteroatoms. The normalized spacial score (nSPS) is 8.22. The lowest BCUT2D eigenvalue weighted by atomic mass is 10.5. The zero-order valence-corrected chi connectivity index (χ0v) is 6.91. The summed E-state index contributed by atoms with van der Waals surface area (Å²) in [5, 5.41) is 7.57. The van der Waals surface area contributed by atoms with E-state index >= 15 is 0 Å². The van der Waals surface area contributed by atoms with Crippen LogP contribution in [0.2, 0.25) is 0 Å². The molecule has 0 aromatic heterocycles. The molecule has 0 aliphatic heterocycles. The predicted octanol–water partition coefficient (Wildman–Crippen LogP) is 1.38. The van der Waals surface area contributed by atoms with Crippen LogP contribution in [0.5, 0.6) is 0 Å². The summed E-state index contributed by atoms with van der Waals surface area (Å²) in [7, 11) is 0. The van der Waals surface area contributed by atoms with Gasteiger partial charge < -0.3 is 5.11 Å². The standard InChI is InChI=1S/C3H4Cl2O.C2H6O/c1-2(6)3(4)5;1-2-3/h3H,1H3;3H,2H2,1H3. The molecule has 0 aromatic carbocycles. The average Bonchev–Trinajstić information content (AvgIpc) is 1.68. The Hall–Kier alpha value is 0.210. The van der Waals surface area contributed by atoms with Crippen LogP contribution < -0.4 is 0 Å². The Morgan fingerprint density at radius 2 is 1.78 bits per heavy atom. The van der Waals surface area contributed by atoms with Crippen LogP contribution in [0.4, 0.5) is 0 Å². The fraction of sp³-hybridized carbons (Fsp3) is 0.800. The van der Waals surface area contributed by atoms with Crippen LogP contribution in [0.25, 0.3) is 0 Å². The lowest BCUT2D eigenvalue weighted by Crippen LogP contribution is -1.99. The monoisotopic (exact) mass is 172 g/mol. The van der Waals surface area contributed by atoms with Crippen molar-refractivity contribution in [3.63, 3.8) is 0 Å². The Morgan fingerprint density at radius 3 is 1.78 bits per heavy atom. The number of hydrogen-bond donors (Lipinski definition) is 1. The summed E-state index contributed by atoms with van der Waals surface area (Å²) in [6, 6.07) is 0. The van der Waals surface area contributed by atoms with Gasteiger partial charge in [-0.25, -0.2) is 0 Å². The molecular formula is C5H10Cl2O2. The second-order valence-corrected chi connectivity index (χ2v) is 2.32. The third kappa shape index (κ3) is 17.9. The van der Waals surface area contributed by atoms with E-state index in [1.165, 1.54) is 6.92 Å². The van der Waals surface area contributed by atoms with Crippen molar-refractivity contribution in [1.29, 1.82) is 0 Å². The Morgan fingerprint density at radius 1 is 1.67 bits per heavy atom. The molecule has 0 radical (unpaired) electrons. The molecule has 0 bridgehead atoms. The third-order valence-corrected chi connectivity index (χ3v) is 0.922. The van der Waals surface area contributed by atoms with Gasteiger partial charge in [0.15, 0.2) is 10.6 Å². The Balaban J connectivity index is 0. The maximum Gasteiger partial charge on any atom is 0.165 e. The molecule has 0 spiro atoms. The van der Waals surface area contributed by atoms with Gasteiger partial charge in [-0.15, -0.1) is 0 Å². The predicted molar refractivity (Wildman–Crippen MR) is 38.9 cm³/mol. The zero-order valence-electron chi connectivity index (χ0n) is 5.40. The molecule has 56 valence electrons. The second-order valence-electron chi connectivity index (χ2n) is 1.23. The molecule has 0 heterocycles. The third-order valence-electron chi connectivity index (χ3n) is 0.307. The summed E-state index contributed by atoms with van der Waals surface area (Å²) in [6.45, 7) is 3.27. The van der Waals surface area contributed by atoms with Gasteiger partial charge in [0.25, 0.3) is 0 Å². The summed E-state index contributed by atoms with van der Waals surface area (Å²) in [5.41, 5.74) is 0. The number of Topliss-reactive ketones (excluding diaryl/α,β-unsaturated/α-hetero) is 1. The molecule has 0 saturated heterocycles. The fourth-order valence-electron chi connectivity index (χ4n) is 0. The number of rotatable bonds is 1. The molecule has 0 rings (SSSR count). The summed E-state index contributed by atoms with van der Waals surface area (Å²) in [4.78, 5) is 9.04.